The average Bonchev–Trinajstić information content (AvgIpc) is 2.66. The zero-order valence-corrected chi connectivity index (χ0v) is 8.94. The van der Waals surface area contributed by atoms with Gasteiger partial charge in [0.2, 0.25) is 0 Å². The van der Waals surface area contributed by atoms with Crippen molar-refractivity contribution < 1.29 is 5.21 Å². The molecule has 1 heterocycles. The molecule has 0 saturated carbocycles. The van der Waals surface area contributed by atoms with Gasteiger partial charge < -0.3 is 5.21 Å². The highest BCUT2D eigenvalue weighted by atomic mass is 35.5. The van der Waals surface area contributed by atoms with E-state index in [2.05, 4.69) is 15.2 Å². The van der Waals surface area contributed by atoms with E-state index >= 15 is 0 Å². The number of hydrogen-bond donors (Lipinski definition) is 1. The van der Waals surface area contributed by atoms with E-state index in [1.165, 1.54) is 6.33 Å². The Morgan fingerprint density at radius 3 is 2.79 bits per heavy atom. The molecule has 0 aliphatic rings. The Morgan fingerprint density at radius 2 is 2.36 bits per heavy atom. The monoisotopic (exact) mass is 216 g/mol. The highest BCUT2D eigenvalue weighted by Gasteiger charge is 2.25. The maximum Gasteiger partial charge on any atom is 0.137 e. The minimum atomic E-state index is -0.345. The van der Waals surface area contributed by atoms with Crippen molar-refractivity contribution in [2.75, 3.05) is 5.88 Å². The van der Waals surface area contributed by atoms with Crippen LogP contribution in [-0.2, 0) is 6.54 Å². The largest absolute Gasteiger partial charge is 0.411 e. The van der Waals surface area contributed by atoms with Crippen LogP contribution < -0.4 is 0 Å². The van der Waals surface area contributed by atoms with Crippen molar-refractivity contribution in [3.8, 4) is 0 Å². The van der Waals surface area contributed by atoms with Crippen LogP contribution in [0.1, 0.15) is 13.8 Å². The average molecular weight is 217 g/mol. The molecular weight excluding hydrogens is 204 g/mol. The van der Waals surface area contributed by atoms with Crippen LogP contribution >= 0.6 is 11.6 Å². The molecular formula is C8H13ClN4O. The summed E-state index contributed by atoms with van der Waals surface area (Å²) >= 11 is 5.77. The maximum atomic E-state index is 8.86. The molecule has 0 unspecified atom stereocenters. The lowest BCUT2D eigenvalue weighted by atomic mass is 9.90. The number of halogens is 1. The topological polar surface area (TPSA) is 63.3 Å². The number of hydrogen-bond acceptors (Lipinski definition) is 4. The van der Waals surface area contributed by atoms with Crippen molar-refractivity contribution in [1.82, 2.24) is 14.8 Å². The van der Waals surface area contributed by atoms with Crippen molar-refractivity contribution >= 4 is 17.3 Å². The molecule has 0 aromatic carbocycles. The molecule has 0 atom stereocenters. The molecule has 1 N–H and O–H groups in total. The summed E-state index contributed by atoms with van der Waals surface area (Å²) in [6.07, 6.45) is 3.00. The first-order chi connectivity index (χ1) is 6.60. The SMILES string of the molecule is CC(C)(CCl)/C(Cn1cncn1)=N/O. The van der Waals surface area contributed by atoms with Crippen molar-refractivity contribution in [2.45, 2.75) is 20.4 Å². The van der Waals surface area contributed by atoms with Crippen molar-refractivity contribution in [2.24, 2.45) is 10.6 Å². The molecule has 0 saturated heterocycles. The van der Waals surface area contributed by atoms with Gasteiger partial charge in [-0.25, -0.2) is 9.67 Å². The zero-order valence-electron chi connectivity index (χ0n) is 8.18. The van der Waals surface area contributed by atoms with Gasteiger partial charge in [-0.2, -0.15) is 5.10 Å². The van der Waals surface area contributed by atoms with Crippen molar-refractivity contribution in [3.63, 3.8) is 0 Å². The Kier molecular flexibility index (Phi) is 3.46. The second kappa shape index (κ2) is 4.41. The molecule has 0 aliphatic carbocycles. The summed E-state index contributed by atoms with van der Waals surface area (Å²) in [6.45, 7) is 4.22. The Labute approximate surface area is 87.4 Å². The van der Waals surface area contributed by atoms with Gasteiger partial charge >= 0.3 is 0 Å². The molecule has 0 bridgehead atoms. The summed E-state index contributed by atoms with van der Waals surface area (Å²) in [5, 5.41) is 16.0. The van der Waals surface area contributed by atoms with Gasteiger partial charge in [0.1, 0.15) is 12.7 Å². The minimum absolute atomic E-state index is 0.345. The van der Waals surface area contributed by atoms with E-state index in [0.717, 1.165) is 0 Å². The van der Waals surface area contributed by atoms with Crippen LogP contribution in [0.15, 0.2) is 17.8 Å². The van der Waals surface area contributed by atoms with Gasteiger partial charge in [-0.05, 0) is 0 Å². The molecule has 0 aliphatic heterocycles. The van der Waals surface area contributed by atoms with Crippen LogP contribution in [0.4, 0.5) is 0 Å². The van der Waals surface area contributed by atoms with Crippen LogP contribution in [0.25, 0.3) is 0 Å². The van der Waals surface area contributed by atoms with Gasteiger partial charge in [0, 0.05) is 11.3 Å². The third-order valence-corrected chi connectivity index (χ3v) is 2.68. The van der Waals surface area contributed by atoms with E-state index in [4.69, 9.17) is 16.8 Å². The molecule has 1 rings (SSSR count). The van der Waals surface area contributed by atoms with E-state index in [-0.39, 0.29) is 5.41 Å². The van der Waals surface area contributed by atoms with Crippen LogP contribution in [0.5, 0.6) is 0 Å². The number of aromatic nitrogens is 3. The van der Waals surface area contributed by atoms with E-state index in [1.54, 1.807) is 11.0 Å². The summed E-state index contributed by atoms with van der Waals surface area (Å²) < 4.78 is 1.59. The molecule has 6 heteroatoms. The fourth-order valence-electron chi connectivity index (χ4n) is 0.926. The Morgan fingerprint density at radius 1 is 1.64 bits per heavy atom. The standard InChI is InChI=1S/C8H13ClN4O/c1-8(2,4-9)7(12-14)3-13-6-10-5-11-13/h5-6,14H,3-4H2,1-2H3/b12-7+. The van der Waals surface area contributed by atoms with E-state index in [0.29, 0.717) is 18.1 Å². The fourth-order valence-corrected chi connectivity index (χ4v) is 1.08. The Bertz CT molecular complexity index is 307. The predicted octanol–water partition coefficient (Wildman–Crippen LogP) is 1.37. The number of nitrogens with zero attached hydrogens (tertiary/aromatic N) is 4. The highest BCUT2D eigenvalue weighted by Crippen LogP contribution is 2.20. The predicted molar refractivity (Wildman–Crippen MR) is 53.7 cm³/mol. The summed E-state index contributed by atoms with van der Waals surface area (Å²) in [5.74, 6) is 0.390. The fraction of sp³-hybridized carbons (Fsp3) is 0.625. The molecule has 0 fully saturated rings. The van der Waals surface area contributed by atoms with Gasteiger partial charge in [0.15, 0.2) is 0 Å². The minimum Gasteiger partial charge on any atom is -0.411 e. The summed E-state index contributed by atoms with van der Waals surface area (Å²) in [5.41, 5.74) is 0.236. The maximum absolute atomic E-state index is 8.86. The molecule has 1 aromatic rings. The molecule has 14 heavy (non-hydrogen) atoms. The first-order valence-corrected chi connectivity index (χ1v) is 4.73. The van der Waals surface area contributed by atoms with Gasteiger partial charge in [-0.15, -0.1) is 11.6 Å². The van der Waals surface area contributed by atoms with E-state index < -0.39 is 0 Å². The molecule has 0 radical (unpaired) electrons. The van der Waals surface area contributed by atoms with Gasteiger partial charge in [-0.1, -0.05) is 19.0 Å². The first kappa shape index (κ1) is 11.0. The van der Waals surface area contributed by atoms with Crippen molar-refractivity contribution in [1.29, 1.82) is 0 Å². The Hall–Kier alpha value is -1.10. The smallest absolute Gasteiger partial charge is 0.137 e. The van der Waals surface area contributed by atoms with Gasteiger partial charge in [0.25, 0.3) is 0 Å². The molecule has 5 nitrogen and oxygen atoms in total. The van der Waals surface area contributed by atoms with Crippen molar-refractivity contribution in [3.05, 3.63) is 12.7 Å². The van der Waals surface area contributed by atoms with Gasteiger partial charge in [0.05, 0.1) is 12.3 Å². The highest BCUT2D eigenvalue weighted by molar-refractivity contribution is 6.20. The van der Waals surface area contributed by atoms with E-state index in [1.807, 2.05) is 13.8 Å². The third kappa shape index (κ3) is 2.45. The Balaban J connectivity index is 2.75. The second-order valence-corrected chi connectivity index (χ2v) is 3.92. The quantitative estimate of drug-likeness (QED) is 0.358. The number of oxime groups is 1. The second-order valence-electron chi connectivity index (χ2n) is 3.66. The normalized spacial score (nSPS) is 13.2. The molecule has 1 aromatic heterocycles. The van der Waals surface area contributed by atoms with Gasteiger partial charge in [-0.3, -0.25) is 0 Å². The molecule has 0 amide bonds. The summed E-state index contributed by atoms with van der Waals surface area (Å²) in [4.78, 5) is 3.80. The zero-order chi connectivity index (χ0) is 10.6. The van der Waals surface area contributed by atoms with Crippen LogP contribution in [0.3, 0.4) is 0 Å². The summed E-state index contributed by atoms with van der Waals surface area (Å²) in [7, 11) is 0. The third-order valence-electron chi connectivity index (χ3n) is 2.01. The first-order valence-electron chi connectivity index (χ1n) is 4.20. The lowest BCUT2D eigenvalue weighted by Gasteiger charge is -2.22. The van der Waals surface area contributed by atoms with Crippen LogP contribution in [-0.4, -0.2) is 31.6 Å². The number of alkyl halides is 1. The summed E-state index contributed by atoms with van der Waals surface area (Å²) in [6, 6.07) is 0. The lowest BCUT2D eigenvalue weighted by Crippen LogP contribution is -2.30. The van der Waals surface area contributed by atoms with Crippen LogP contribution in [0, 0.1) is 5.41 Å². The molecule has 0 spiro atoms. The lowest BCUT2D eigenvalue weighted by molar-refractivity contribution is 0.307. The number of rotatable bonds is 4. The van der Waals surface area contributed by atoms with E-state index in [9.17, 15) is 0 Å². The van der Waals surface area contributed by atoms with Crippen LogP contribution in [0.2, 0.25) is 0 Å². The molecule has 78 valence electrons.